The molecule has 0 bridgehead atoms. The van der Waals surface area contributed by atoms with Crippen molar-refractivity contribution in [3.8, 4) is 0 Å². The van der Waals surface area contributed by atoms with Crippen LogP contribution in [0.15, 0.2) is 29.2 Å². The molecule has 0 aliphatic heterocycles. The number of benzene rings is 1. The Kier molecular flexibility index (Phi) is 5.00. The molecular formula is C12H18N2O3S2. The summed E-state index contributed by atoms with van der Waals surface area (Å²) in [5, 5.41) is 2.69. The van der Waals surface area contributed by atoms with Crippen LogP contribution in [0.4, 0.5) is 0 Å². The lowest BCUT2D eigenvalue weighted by atomic mass is 10.1. The third kappa shape index (κ3) is 5.63. The van der Waals surface area contributed by atoms with Crippen LogP contribution in [0, 0.1) is 0 Å². The predicted molar refractivity (Wildman–Crippen MR) is 78.1 cm³/mol. The van der Waals surface area contributed by atoms with E-state index < -0.39 is 15.6 Å². The lowest BCUT2D eigenvalue weighted by molar-refractivity contribution is 0.0941. The smallest absolute Gasteiger partial charge is 0.252 e. The van der Waals surface area contributed by atoms with Gasteiger partial charge in [0, 0.05) is 17.0 Å². The number of amides is 1. The van der Waals surface area contributed by atoms with Crippen LogP contribution in [0.5, 0.6) is 0 Å². The molecular weight excluding hydrogens is 284 g/mol. The number of rotatable bonds is 5. The molecule has 0 saturated heterocycles. The lowest BCUT2D eigenvalue weighted by Crippen LogP contribution is -2.51. The summed E-state index contributed by atoms with van der Waals surface area (Å²) in [5.41, 5.74) is -0.296. The Hall–Kier alpha value is -1.05. The predicted octanol–water partition coefficient (Wildman–Crippen LogP) is 1.03. The summed E-state index contributed by atoms with van der Waals surface area (Å²) in [6, 6.07) is 6.91. The zero-order chi connectivity index (χ0) is 14.7. The van der Waals surface area contributed by atoms with Crippen molar-refractivity contribution in [1.82, 2.24) is 10.0 Å². The molecule has 19 heavy (non-hydrogen) atoms. The van der Waals surface area contributed by atoms with Gasteiger partial charge in [0.05, 0.1) is 11.8 Å². The van der Waals surface area contributed by atoms with Crippen LogP contribution >= 0.6 is 12.6 Å². The monoisotopic (exact) mass is 302 g/mol. The number of carbonyl (C=O) groups is 1. The second kappa shape index (κ2) is 5.94. The van der Waals surface area contributed by atoms with Gasteiger partial charge in [0.1, 0.15) is 0 Å². The highest BCUT2D eigenvalue weighted by molar-refractivity contribution is 7.88. The fraction of sp³-hybridized carbons (Fsp3) is 0.417. The van der Waals surface area contributed by atoms with E-state index in [0.717, 1.165) is 6.26 Å². The molecule has 106 valence electrons. The van der Waals surface area contributed by atoms with Gasteiger partial charge in [-0.25, -0.2) is 13.1 Å². The fourth-order valence-electron chi connectivity index (χ4n) is 1.60. The van der Waals surface area contributed by atoms with E-state index in [1.807, 2.05) is 0 Å². The van der Waals surface area contributed by atoms with Crippen molar-refractivity contribution in [2.24, 2.45) is 0 Å². The first-order valence-electron chi connectivity index (χ1n) is 5.66. The van der Waals surface area contributed by atoms with Crippen LogP contribution in [-0.2, 0) is 10.0 Å². The molecule has 0 aromatic heterocycles. The van der Waals surface area contributed by atoms with Crippen molar-refractivity contribution in [3.63, 3.8) is 0 Å². The molecule has 0 aliphatic rings. The second-order valence-electron chi connectivity index (χ2n) is 4.96. The third-order valence-corrected chi connectivity index (χ3v) is 3.61. The Morgan fingerprint density at radius 3 is 2.42 bits per heavy atom. The van der Waals surface area contributed by atoms with E-state index in [-0.39, 0.29) is 12.5 Å². The first-order valence-corrected chi connectivity index (χ1v) is 8.00. The highest BCUT2D eigenvalue weighted by Gasteiger charge is 2.23. The van der Waals surface area contributed by atoms with Gasteiger partial charge in [-0.2, -0.15) is 0 Å². The molecule has 2 N–H and O–H groups in total. The Bertz CT molecular complexity index is 568. The molecule has 0 unspecified atom stereocenters. The Labute approximate surface area is 119 Å². The lowest BCUT2D eigenvalue weighted by Gasteiger charge is -2.25. The fourth-order valence-corrected chi connectivity index (χ4v) is 2.94. The van der Waals surface area contributed by atoms with Crippen molar-refractivity contribution in [3.05, 3.63) is 29.8 Å². The van der Waals surface area contributed by atoms with Gasteiger partial charge < -0.3 is 5.32 Å². The summed E-state index contributed by atoms with van der Waals surface area (Å²) in [6.07, 6.45) is 1.08. The molecule has 0 saturated carbocycles. The number of nitrogens with one attached hydrogen (secondary N) is 2. The summed E-state index contributed by atoms with van der Waals surface area (Å²) < 4.78 is 24.8. The number of hydrogen-bond acceptors (Lipinski definition) is 4. The SMILES string of the molecule is CC(C)(CNC(=O)c1ccccc1S)NS(C)(=O)=O. The van der Waals surface area contributed by atoms with Crippen LogP contribution in [-0.4, -0.2) is 32.7 Å². The first kappa shape index (κ1) is 16.0. The molecule has 1 amide bonds. The Morgan fingerprint density at radius 2 is 1.89 bits per heavy atom. The topological polar surface area (TPSA) is 75.3 Å². The number of carbonyl (C=O) groups excluding carboxylic acids is 1. The van der Waals surface area contributed by atoms with E-state index in [9.17, 15) is 13.2 Å². The minimum atomic E-state index is -3.32. The quantitative estimate of drug-likeness (QED) is 0.711. The van der Waals surface area contributed by atoms with E-state index >= 15 is 0 Å². The van der Waals surface area contributed by atoms with Gasteiger partial charge in [-0.1, -0.05) is 12.1 Å². The van der Waals surface area contributed by atoms with Crippen molar-refractivity contribution in [2.45, 2.75) is 24.3 Å². The third-order valence-electron chi connectivity index (χ3n) is 2.30. The molecule has 7 heteroatoms. The van der Waals surface area contributed by atoms with Crippen molar-refractivity contribution in [2.75, 3.05) is 12.8 Å². The highest BCUT2D eigenvalue weighted by Crippen LogP contribution is 2.12. The van der Waals surface area contributed by atoms with Gasteiger partial charge in [-0.3, -0.25) is 4.79 Å². The minimum Gasteiger partial charge on any atom is -0.350 e. The van der Waals surface area contributed by atoms with Crippen LogP contribution in [0.3, 0.4) is 0 Å². The maximum absolute atomic E-state index is 11.9. The normalized spacial score (nSPS) is 12.2. The molecule has 1 aromatic rings. The highest BCUT2D eigenvalue weighted by atomic mass is 32.2. The molecule has 0 fully saturated rings. The van der Waals surface area contributed by atoms with Gasteiger partial charge in [0.15, 0.2) is 0 Å². The maximum atomic E-state index is 11.9. The standard InChI is InChI=1S/C12H18N2O3S2/c1-12(2,14-19(3,16)17)8-13-11(15)9-6-4-5-7-10(9)18/h4-7,14,18H,8H2,1-3H3,(H,13,15). The van der Waals surface area contributed by atoms with E-state index in [1.165, 1.54) is 0 Å². The second-order valence-corrected chi connectivity index (χ2v) is 7.19. The average Bonchev–Trinajstić information content (AvgIpc) is 2.23. The van der Waals surface area contributed by atoms with Gasteiger partial charge in [-0.15, -0.1) is 12.6 Å². The van der Waals surface area contributed by atoms with Crippen LogP contribution < -0.4 is 10.0 Å². The van der Waals surface area contributed by atoms with Crippen LogP contribution in [0.2, 0.25) is 0 Å². The summed E-state index contributed by atoms with van der Waals surface area (Å²) in [6.45, 7) is 3.57. The minimum absolute atomic E-state index is 0.182. The van der Waals surface area contributed by atoms with E-state index in [1.54, 1.807) is 38.1 Å². The summed E-state index contributed by atoms with van der Waals surface area (Å²) in [7, 11) is -3.32. The number of sulfonamides is 1. The van der Waals surface area contributed by atoms with E-state index in [2.05, 4.69) is 22.7 Å². The van der Waals surface area contributed by atoms with Gasteiger partial charge in [0.2, 0.25) is 10.0 Å². The molecule has 5 nitrogen and oxygen atoms in total. The number of thiol groups is 1. The van der Waals surface area contributed by atoms with Gasteiger partial charge in [-0.05, 0) is 26.0 Å². The molecule has 0 heterocycles. The molecule has 0 atom stereocenters. The zero-order valence-corrected chi connectivity index (χ0v) is 12.8. The van der Waals surface area contributed by atoms with E-state index in [4.69, 9.17) is 0 Å². The van der Waals surface area contributed by atoms with Crippen molar-refractivity contribution < 1.29 is 13.2 Å². The summed E-state index contributed by atoms with van der Waals surface area (Å²) in [5.74, 6) is -0.283. The van der Waals surface area contributed by atoms with Crippen molar-refractivity contribution in [1.29, 1.82) is 0 Å². The molecule has 0 spiro atoms. The van der Waals surface area contributed by atoms with Crippen LogP contribution in [0.1, 0.15) is 24.2 Å². The summed E-state index contributed by atoms with van der Waals surface area (Å²) in [4.78, 5) is 12.5. The van der Waals surface area contributed by atoms with Gasteiger partial charge >= 0.3 is 0 Å². The number of hydrogen-bond donors (Lipinski definition) is 3. The van der Waals surface area contributed by atoms with Gasteiger partial charge in [0.25, 0.3) is 5.91 Å². The Balaban J connectivity index is 2.67. The maximum Gasteiger partial charge on any atom is 0.252 e. The molecule has 1 aromatic carbocycles. The molecule has 0 aliphatic carbocycles. The van der Waals surface area contributed by atoms with Crippen LogP contribution in [0.25, 0.3) is 0 Å². The average molecular weight is 302 g/mol. The summed E-state index contributed by atoms with van der Waals surface area (Å²) >= 11 is 4.20. The zero-order valence-electron chi connectivity index (χ0n) is 11.1. The molecule has 1 rings (SSSR count). The largest absolute Gasteiger partial charge is 0.350 e. The molecule has 0 radical (unpaired) electrons. The van der Waals surface area contributed by atoms with Crippen molar-refractivity contribution >= 4 is 28.6 Å². The first-order chi connectivity index (χ1) is 8.61. The Morgan fingerprint density at radius 1 is 1.32 bits per heavy atom. The van der Waals surface area contributed by atoms with E-state index in [0.29, 0.717) is 10.5 Å².